The van der Waals surface area contributed by atoms with Crippen LogP contribution in [0.5, 0.6) is 0 Å². The van der Waals surface area contributed by atoms with Gasteiger partial charge in [-0.2, -0.15) is 8.42 Å². The maximum Gasteiger partial charge on any atom is 0.330 e. The van der Waals surface area contributed by atoms with E-state index < -0.39 is 27.9 Å². The molecule has 1 N–H and O–H groups in total. The lowest BCUT2D eigenvalue weighted by Gasteiger charge is -2.15. The van der Waals surface area contributed by atoms with Crippen LogP contribution in [0.25, 0.3) is 0 Å². The topological polar surface area (TPSA) is 80.7 Å². The summed E-state index contributed by atoms with van der Waals surface area (Å²) in [5.74, 6) is -0.970. The van der Waals surface area contributed by atoms with Gasteiger partial charge in [0.05, 0.1) is 5.75 Å². The maximum absolute atomic E-state index is 11.0. The Bertz CT molecular complexity index is 320. The largest absolute Gasteiger partial charge is 0.459 e. The summed E-state index contributed by atoms with van der Waals surface area (Å²) in [6.45, 7) is 5.24. The first-order chi connectivity index (χ1) is 7.39. The van der Waals surface area contributed by atoms with Crippen molar-refractivity contribution in [3.05, 3.63) is 12.7 Å². The van der Waals surface area contributed by atoms with Crippen LogP contribution in [0.2, 0.25) is 0 Å². The Morgan fingerprint density at radius 3 is 2.56 bits per heavy atom. The van der Waals surface area contributed by atoms with Crippen LogP contribution >= 0.6 is 0 Å². The smallest absolute Gasteiger partial charge is 0.330 e. The monoisotopic (exact) mass is 250 g/mol. The predicted molar refractivity (Wildman–Crippen MR) is 60.6 cm³/mol. The minimum atomic E-state index is -4.00. The van der Waals surface area contributed by atoms with E-state index >= 15 is 0 Å². The molecule has 0 heterocycles. The van der Waals surface area contributed by atoms with Crippen molar-refractivity contribution in [3.63, 3.8) is 0 Å². The van der Waals surface area contributed by atoms with E-state index in [1.54, 1.807) is 0 Å². The zero-order valence-corrected chi connectivity index (χ0v) is 10.2. The summed E-state index contributed by atoms with van der Waals surface area (Å²) in [7, 11) is -4.00. The molecule has 0 saturated heterocycles. The van der Waals surface area contributed by atoms with Gasteiger partial charge in [0.25, 0.3) is 10.1 Å². The standard InChI is InChI=1S/C10H18O5S/c1-3-5-6-9(15-10(11)4-2)7-8-16(12,13)14/h4,9H,2-3,5-8H2,1H3,(H,12,13,14)/t9-/m0/s1. The van der Waals surface area contributed by atoms with Crippen LogP contribution in [0.3, 0.4) is 0 Å². The molecular weight excluding hydrogens is 232 g/mol. The molecular formula is C10H18O5S. The van der Waals surface area contributed by atoms with Gasteiger partial charge in [0.15, 0.2) is 0 Å². The lowest BCUT2D eigenvalue weighted by molar-refractivity contribution is -0.143. The van der Waals surface area contributed by atoms with Crippen LogP contribution in [0.15, 0.2) is 12.7 Å². The molecule has 16 heavy (non-hydrogen) atoms. The highest BCUT2D eigenvalue weighted by Gasteiger charge is 2.16. The van der Waals surface area contributed by atoms with Crippen LogP contribution in [-0.4, -0.2) is 30.8 Å². The van der Waals surface area contributed by atoms with Gasteiger partial charge in [-0.3, -0.25) is 4.55 Å². The van der Waals surface area contributed by atoms with Gasteiger partial charge in [-0.1, -0.05) is 26.3 Å². The molecule has 94 valence electrons. The lowest BCUT2D eigenvalue weighted by Crippen LogP contribution is -2.20. The van der Waals surface area contributed by atoms with Crippen molar-refractivity contribution in [3.8, 4) is 0 Å². The molecule has 0 radical (unpaired) electrons. The van der Waals surface area contributed by atoms with Crippen molar-refractivity contribution in [1.82, 2.24) is 0 Å². The van der Waals surface area contributed by atoms with E-state index in [1.165, 1.54) is 0 Å². The summed E-state index contributed by atoms with van der Waals surface area (Å²) in [5, 5.41) is 0. The first kappa shape index (κ1) is 15.1. The molecule has 0 unspecified atom stereocenters. The summed E-state index contributed by atoms with van der Waals surface area (Å²) < 4.78 is 34.7. The highest BCUT2D eigenvalue weighted by molar-refractivity contribution is 7.85. The van der Waals surface area contributed by atoms with Gasteiger partial charge in [0.2, 0.25) is 0 Å². The number of carbonyl (C=O) groups is 1. The van der Waals surface area contributed by atoms with Gasteiger partial charge >= 0.3 is 5.97 Å². The zero-order chi connectivity index (χ0) is 12.6. The third-order valence-corrected chi connectivity index (χ3v) is 2.78. The normalized spacial score (nSPS) is 13.1. The Balaban J connectivity index is 4.19. The minimum absolute atomic E-state index is 0.110. The molecule has 0 aromatic rings. The number of rotatable bonds is 8. The fraction of sp³-hybridized carbons (Fsp3) is 0.700. The summed E-state index contributed by atoms with van der Waals surface area (Å²) >= 11 is 0. The molecule has 0 aromatic heterocycles. The van der Waals surface area contributed by atoms with Gasteiger partial charge in [-0.25, -0.2) is 4.79 Å². The minimum Gasteiger partial charge on any atom is -0.459 e. The molecule has 1 atom stereocenters. The second-order valence-electron chi connectivity index (χ2n) is 3.48. The first-order valence-electron chi connectivity index (χ1n) is 5.17. The molecule has 0 spiro atoms. The number of unbranched alkanes of at least 4 members (excludes halogenated alkanes) is 1. The Labute approximate surface area is 96.2 Å². The van der Waals surface area contributed by atoms with Crippen molar-refractivity contribution in [2.45, 2.75) is 38.7 Å². The molecule has 0 bridgehead atoms. The van der Waals surface area contributed by atoms with E-state index in [0.717, 1.165) is 18.9 Å². The molecule has 0 saturated carbocycles. The fourth-order valence-electron chi connectivity index (χ4n) is 1.19. The maximum atomic E-state index is 11.0. The lowest BCUT2D eigenvalue weighted by atomic mass is 10.1. The number of esters is 1. The summed E-state index contributed by atoms with van der Waals surface area (Å²) in [4.78, 5) is 11.0. The van der Waals surface area contributed by atoms with Crippen molar-refractivity contribution in [2.24, 2.45) is 0 Å². The van der Waals surface area contributed by atoms with Crippen LogP contribution in [-0.2, 0) is 19.6 Å². The van der Waals surface area contributed by atoms with Gasteiger partial charge in [-0.05, 0) is 6.42 Å². The van der Waals surface area contributed by atoms with Crippen LogP contribution in [0.1, 0.15) is 32.6 Å². The fourth-order valence-corrected chi connectivity index (χ4v) is 1.75. The van der Waals surface area contributed by atoms with Crippen LogP contribution < -0.4 is 0 Å². The quantitative estimate of drug-likeness (QED) is 0.401. The summed E-state index contributed by atoms with van der Waals surface area (Å²) in [6, 6.07) is 0. The third kappa shape index (κ3) is 8.43. The Hall–Kier alpha value is -0.880. The molecule has 0 aromatic carbocycles. The predicted octanol–water partition coefficient (Wildman–Crippen LogP) is 1.55. The average Bonchev–Trinajstić information content (AvgIpc) is 2.20. The van der Waals surface area contributed by atoms with E-state index in [1.807, 2.05) is 6.92 Å². The highest BCUT2D eigenvalue weighted by Crippen LogP contribution is 2.10. The van der Waals surface area contributed by atoms with E-state index in [2.05, 4.69) is 6.58 Å². The molecule has 0 fully saturated rings. The third-order valence-electron chi connectivity index (χ3n) is 2.03. The zero-order valence-electron chi connectivity index (χ0n) is 9.39. The highest BCUT2D eigenvalue weighted by atomic mass is 32.2. The Morgan fingerprint density at radius 2 is 2.12 bits per heavy atom. The SMILES string of the molecule is C=CC(=O)O[C@@H](CCCC)CCS(=O)(=O)O. The van der Waals surface area contributed by atoms with Gasteiger partial charge in [0.1, 0.15) is 6.10 Å². The second-order valence-corrected chi connectivity index (χ2v) is 5.05. The Kier molecular flexibility index (Phi) is 7.00. The number of ether oxygens (including phenoxy) is 1. The summed E-state index contributed by atoms with van der Waals surface area (Å²) in [6.07, 6.45) is 3.01. The second kappa shape index (κ2) is 7.40. The van der Waals surface area contributed by atoms with E-state index in [0.29, 0.717) is 6.42 Å². The van der Waals surface area contributed by atoms with Crippen molar-refractivity contribution in [1.29, 1.82) is 0 Å². The number of carbonyl (C=O) groups excluding carboxylic acids is 1. The van der Waals surface area contributed by atoms with Gasteiger partial charge < -0.3 is 4.74 Å². The van der Waals surface area contributed by atoms with Crippen molar-refractivity contribution < 1.29 is 22.5 Å². The average molecular weight is 250 g/mol. The molecule has 0 aliphatic heterocycles. The molecule has 0 rings (SSSR count). The molecule has 6 heteroatoms. The van der Waals surface area contributed by atoms with Crippen molar-refractivity contribution in [2.75, 3.05) is 5.75 Å². The van der Waals surface area contributed by atoms with Crippen LogP contribution in [0.4, 0.5) is 0 Å². The summed E-state index contributed by atoms with van der Waals surface area (Å²) in [5.41, 5.74) is 0. The number of hydrogen-bond donors (Lipinski definition) is 1. The van der Waals surface area contributed by atoms with Gasteiger partial charge in [0, 0.05) is 12.5 Å². The molecule has 5 nitrogen and oxygen atoms in total. The molecule has 0 aliphatic carbocycles. The molecule has 0 amide bonds. The van der Waals surface area contributed by atoms with Gasteiger partial charge in [-0.15, -0.1) is 0 Å². The Morgan fingerprint density at radius 1 is 1.50 bits per heavy atom. The van der Waals surface area contributed by atoms with Crippen LogP contribution in [0, 0.1) is 0 Å². The van der Waals surface area contributed by atoms with E-state index in [4.69, 9.17) is 9.29 Å². The molecule has 0 aliphatic rings. The van der Waals surface area contributed by atoms with Crippen molar-refractivity contribution >= 4 is 16.1 Å². The number of hydrogen-bond acceptors (Lipinski definition) is 4. The van der Waals surface area contributed by atoms with E-state index in [9.17, 15) is 13.2 Å². The first-order valence-corrected chi connectivity index (χ1v) is 6.78. The van der Waals surface area contributed by atoms with E-state index in [-0.39, 0.29) is 6.42 Å².